The lowest BCUT2D eigenvalue weighted by atomic mass is 10.1. The summed E-state index contributed by atoms with van der Waals surface area (Å²) < 4.78 is 1.85. The highest BCUT2D eigenvalue weighted by Crippen LogP contribution is 2.30. The second-order valence-electron chi connectivity index (χ2n) is 6.67. The van der Waals surface area contributed by atoms with Crippen molar-refractivity contribution < 1.29 is 9.59 Å². The molecular weight excluding hydrogens is 406 g/mol. The predicted octanol–water partition coefficient (Wildman–Crippen LogP) is 3.62. The number of rotatable bonds is 8. The van der Waals surface area contributed by atoms with Crippen molar-refractivity contribution in [3.05, 3.63) is 46.8 Å². The van der Waals surface area contributed by atoms with Gasteiger partial charge in [-0.1, -0.05) is 36.0 Å². The molecule has 0 aliphatic heterocycles. The average Bonchev–Trinajstić information content (AvgIpc) is 3.32. The van der Waals surface area contributed by atoms with E-state index in [2.05, 4.69) is 15.5 Å². The number of nitrogens with one attached hydrogen (secondary N) is 1. The number of aromatic nitrogens is 3. The van der Waals surface area contributed by atoms with Crippen molar-refractivity contribution in [3.8, 4) is 10.7 Å². The maximum atomic E-state index is 12.8. The lowest BCUT2D eigenvalue weighted by molar-refractivity contribution is -0.118. The third kappa shape index (κ3) is 5.04. The number of nitrogens with zero attached hydrogens (tertiary/aromatic N) is 3. The van der Waals surface area contributed by atoms with Gasteiger partial charge in [-0.05, 0) is 43.3 Å². The largest absolute Gasteiger partial charge is 0.370 e. The number of thioether (sulfide) groups is 1. The number of nitrogens with two attached hydrogens (primary N) is 1. The van der Waals surface area contributed by atoms with Crippen LogP contribution in [0.1, 0.15) is 24.5 Å². The Hall–Kier alpha value is -2.65. The molecule has 2 amide bonds. The van der Waals surface area contributed by atoms with Gasteiger partial charge in [0.15, 0.2) is 11.0 Å². The fourth-order valence-electron chi connectivity index (χ4n) is 2.84. The van der Waals surface area contributed by atoms with E-state index < -0.39 is 11.2 Å². The van der Waals surface area contributed by atoms with Crippen LogP contribution in [-0.2, 0) is 16.1 Å². The summed E-state index contributed by atoms with van der Waals surface area (Å²) in [5.41, 5.74) is 8.19. The Morgan fingerprint density at radius 1 is 1.21 bits per heavy atom. The second kappa shape index (κ2) is 9.23. The van der Waals surface area contributed by atoms with Crippen LogP contribution in [0.5, 0.6) is 0 Å². The van der Waals surface area contributed by atoms with Gasteiger partial charge < -0.3 is 15.6 Å². The molecule has 0 aliphatic carbocycles. The summed E-state index contributed by atoms with van der Waals surface area (Å²) in [7, 11) is 0. The van der Waals surface area contributed by atoms with Gasteiger partial charge in [-0.3, -0.25) is 9.59 Å². The number of carbonyl (C=O) groups is 2. The number of aryl methyl sites for hydroxylation is 2. The maximum Gasteiger partial charge on any atom is 0.237 e. The first-order chi connectivity index (χ1) is 13.9. The monoisotopic (exact) mass is 429 g/mol. The zero-order valence-electron chi connectivity index (χ0n) is 16.5. The van der Waals surface area contributed by atoms with Gasteiger partial charge in [0.1, 0.15) is 0 Å². The highest BCUT2D eigenvalue weighted by atomic mass is 32.2. The van der Waals surface area contributed by atoms with Crippen LogP contribution >= 0.6 is 23.1 Å². The first-order valence-electron chi connectivity index (χ1n) is 9.16. The number of anilines is 1. The highest BCUT2D eigenvalue weighted by molar-refractivity contribution is 8.00. The Kier molecular flexibility index (Phi) is 6.71. The molecule has 9 heteroatoms. The van der Waals surface area contributed by atoms with E-state index >= 15 is 0 Å². The number of thiophene rings is 1. The van der Waals surface area contributed by atoms with Crippen LogP contribution in [0.15, 0.2) is 40.9 Å². The summed E-state index contributed by atoms with van der Waals surface area (Å²) in [6.07, 6.45) is 0.174. The van der Waals surface area contributed by atoms with E-state index in [1.165, 1.54) is 23.1 Å². The predicted molar refractivity (Wildman–Crippen MR) is 117 cm³/mol. The summed E-state index contributed by atoms with van der Waals surface area (Å²) >= 11 is 2.85. The van der Waals surface area contributed by atoms with Gasteiger partial charge in [-0.15, -0.1) is 21.5 Å². The molecule has 3 rings (SSSR count). The SMILES string of the molecule is Cc1cccc(C)c1NC(=O)C(C)Sc1nnc(-c2cccs2)n1CCC(N)=O. The number of benzene rings is 1. The van der Waals surface area contributed by atoms with Crippen LogP contribution in [-0.4, -0.2) is 31.8 Å². The van der Waals surface area contributed by atoms with Crippen LogP contribution in [0.4, 0.5) is 5.69 Å². The molecule has 2 aromatic heterocycles. The van der Waals surface area contributed by atoms with E-state index in [1.807, 2.05) is 61.1 Å². The second-order valence-corrected chi connectivity index (χ2v) is 8.92. The van der Waals surface area contributed by atoms with Crippen LogP contribution in [0.25, 0.3) is 10.7 Å². The smallest absolute Gasteiger partial charge is 0.237 e. The van der Waals surface area contributed by atoms with E-state index in [-0.39, 0.29) is 12.3 Å². The van der Waals surface area contributed by atoms with Crippen LogP contribution in [0.3, 0.4) is 0 Å². The van der Waals surface area contributed by atoms with Crippen molar-refractivity contribution in [2.24, 2.45) is 5.73 Å². The van der Waals surface area contributed by atoms with Crippen molar-refractivity contribution in [1.82, 2.24) is 14.8 Å². The minimum absolute atomic E-state index is 0.116. The molecule has 29 heavy (non-hydrogen) atoms. The zero-order chi connectivity index (χ0) is 21.0. The van der Waals surface area contributed by atoms with Crippen LogP contribution < -0.4 is 11.1 Å². The van der Waals surface area contributed by atoms with Crippen LogP contribution in [0.2, 0.25) is 0 Å². The Morgan fingerprint density at radius 3 is 2.55 bits per heavy atom. The van der Waals surface area contributed by atoms with Gasteiger partial charge in [0.05, 0.1) is 10.1 Å². The van der Waals surface area contributed by atoms with Gasteiger partial charge >= 0.3 is 0 Å². The molecule has 0 fully saturated rings. The molecule has 3 aromatic rings. The molecule has 7 nitrogen and oxygen atoms in total. The van der Waals surface area contributed by atoms with E-state index in [9.17, 15) is 9.59 Å². The number of primary amides is 1. The molecule has 0 spiro atoms. The molecule has 0 radical (unpaired) electrons. The Morgan fingerprint density at radius 2 is 1.93 bits per heavy atom. The molecule has 3 N–H and O–H groups in total. The van der Waals surface area contributed by atoms with Gasteiger partial charge in [0, 0.05) is 18.7 Å². The maximum absolute atomic E-state index is 12.8. The molecule has 152 valence electrons. The van der Waals surface area contributed by atoms with E-state index in [4.69, 9.17) is 5.73 Å². The molecule has 1 atom stereocenters. The molecule has 0 saturated carbocycles. The first kappa shape index (κ1) is 21.1. The van der Waals surface area contributed by atoms with E-state index in [0.29, 0.717) is 17.5 Å². The normalized spacial score (nSPS) is 12.0. The van der Waals surface area contributed by atoms with Crippen molar-refractivity contribution in [3.63, 3.8) is 0 Å². The third-order valence-corrected chi connectivity index (χ3v) is 6.37. The lowest BCUT2D eigenvalue weighted by Gasteiger charge is -2.15. The number of hydrogen-bond donors (Lipinski definition) is 2. The number of hydrogen-bond acceptors (Lipinski definition) is 6. The van der Waals surface area contributed by atoms with E-state index in [1.54, 1.807) is 0 Å². The summed E-state index contributed by atoms with van der Waals surface area (Å²) in [6, 6.07) is 9.77. The number of carbonyl (C=O) groups excluding carboxylic acids is 2. The summed E-state index contributed by atoms with van der Waals surface area (Å²) in [5.74, 6) is 0.160. The Bertz CT molecular complexity index is 994. The Labute approximate surface area is 177 Å². The first-order valence-corrected chi connectivity index (χ1v) is 10.9. The number of para-hydroxylation sites is 1. The molecular formula is C20H23N5O2S2. The minimum Gasteiger partial charge on any atom is -0.370 e. The minimum atomic E-state index is -0.401. The number of amides is 2. The molecule has 1 aromatic carbocycles. The Balaban J connectivity index is 1.79. The zero-order valence-corrected chi connectivity index (χ0v) is 18.1. The lowest BCUT2D eigenvalue weighted by Crippen LogP contribution is -2.24. The molecule has 2 heterocycles. The average molecular weight is 430 g/mol. The van der Waals surface area contributed by atoms with E-state index in [0.717, 1.165) is 21.7 Å². The van der Waals surface area contributed by atoms with Gasteiger partial charge in [-0.25, -0.2) is 0 Å². The van der Waals surface area contributed by atoms with Gasteiger partial charge in [-0.2, -0.15) is 0 Å². The quantitative estimate of drug-likeness (QED) is 0.533. The van der Waals surface area contributed by atoms with Crippen LogP contribution in [0, 0.1) is 13.8 Å². The molecule has 0 aliphatic rings. The van der Waals surface area contributed by atoms with Crippen molar-refractivity contribution in [2.75, 3.05) is 5.32 Å². The summed E-state index contributed by atoms with van der Waals surface area (Å²) in [4.78, 5) is 25.0. The van der Waals surface area contributed by atoms with Crippen molar-refractivity contribution in [1.29, 1.82) is 0 Å². The van der Waals surface area contributed by atoms with Gasteiger partial charge in [0.2, 0.25) is 11.8 Å². The third-order valence-electron chi connectivity index (χ3n) is 4.42. The molecule has 0 saturated heterocycles. The van der Waals surface area contributed by atoms with Crippen molar-refractivity contribution >= 4 is 40.6 Å². The standard InChI is InChI=1S/C20H23N5O2S2/c1-12-6-4-7-13(2)17(12)22-19(27)14(3)29-20-24-23-18(15-8-5-11-28-15)25(20)10-9-16(21)26/h4-8,11,14H,9-10H2,1-3H3,(H2,21,26)(H,22,27). The topological polar surface area (TPSA) is 103 Å². The fraction of sp³-hybridized carbons (Fsp3) is 0.300. The highest BCUT2D eigenvalue weighted by Gasteiger charge is 2.22. The fourth-order valence-corrected chi connectivity index (χ4v) is 4.43. The summed E-state index contributed by atoms with van der Waals surface area (Å²) in [5, 5.41) is 13.7. The van der Waals surface area contributed by atoms with Gasteiger partial charge in [0.25, 0.3) is 0 Å². The molecule has 0 bridgehead atoms. The molecule has 1 unspecified atom stereocenters. The van der Waals surface area contributed by atoms with Crippen molar-refractivity contribution in [2.45, 2.75) is 44.1 Å². The summed E-state index contributed by atoms with van der Waals surface area (Å²) in [6.45, 7) is 6.12.